The zero-order valence-electron chi connectivity index (χ0n) is 23.5. The summed E-state index contributed by atoms with van der Waals surface area (Å²) in [6.45, 7) is 12.4. The number of hydrogen-bond donors (Lipinski definition) is 1. The Morgan fingerprint density at radius 3 is 1.92 bits per heavy atom. The maximum atomic E-state index is 12.5. The Kier molecular flexibility index (Phi) is 14.2. The van der Waals surface area contributed by atoms with Crippen molar-refractivity contribution >= 4 is 24.2 Å². The van der Waals surface area contributed by atoms with Crippen molar-refractivity contribution in [2.45, 2.75) is 92.1 Å². The van der Waals surface area contributed by atoms with E-state index in [2.05, 4.69) is 5.32 Å². The van der Waals surface area contributed by atoms with Crippen LogP contribution < -0.4 is 14.8 Å². The molecule has 11 nitrogen and oxygen atoms in total. The Hall–Kier alpha value is -3.34. The first-order valence-electron chi connectivity index (χ1n) is 12.8. The molecule has 3 atom stereocenters. The molecule has 0 fully saturated rings. The fraction of sp³-hybridized carbons (Fsp3) is 0.630. The van der Waals surface area contributed by atoms with Gasteiger partial charge in [-0.25, -0.2) is 9.59 Å². The first-order valence-corrected chi connectivity index (χ1v) is 12.8. The van der Waals surface area contributed by atoms with E-state index in [-0.39, 0.29) is 36.4 Å². The highest BCUT2D eigenvalue weighted by Crippen LogP contribution is 2.30. The first kappa shape index (κ1) is 32.7. The second-order valence-electron chi connectivity index (χ2n) is 9.44. The molecular formula is C27H41NO10. The SMILES string of the molecule is CCCC(C)C(=O)OC(C)CN[C@@H](Cc1ccc(OC(=O)OC(C)C)c(OC(=O)OC(C)C)c1)C(=O)OC. The molecule has 0 aliphatic rings. The van der Waals surface area contributed by atoms with Gasteiger partial charge in [0.1, 0.15) is 12.1 Å². The van der Waals surface area contributed by atoms with Crippen LogP contribution in [-0.4, -0.2) is 62.3 Å². The summed E-state index contributed by atoms with van der Waals surface area (Å²) in [6, 6.07) is 3.67. The third-order valence-corrected chi connectivity index (χ3v) is 5.08. The number of carbonyl (C=O) groups is 4. The summed E-state index contributed by atoms with van der Waals surface area (Å²) < 4.78 is 30.9. The summed E-state index contributed by atoms with van der Waals surface area (Å²) in [5.74, 6) is -1.20. The fourth-order valence-electron chi connectivity index (χ4n) is 3.29. The molecule has 38 heavy (non-hydrogen) atoms. The largest absolute Gasteiger partial charge is 0.514 e. The highest BCUT2D eigenvalue weighted by Gasteiger charge is 2.24. The molecule has 0 saturated carbocycles. The van der Waals surface area contributed by atoms with Crippen LogP contribution in [0.3, 0.4) is 0 Å². The van der Waals surface area contributed by atoms with Gasteiger partial charge in [0.05, 0.1) is 25.2 Å². The molecule has 0 amide bonds. The van der Waals surface area contributed by atoms with Crippen LogP contribution in [-0.2, 0) is 35.0 Å². The molecule has 11 heteroatoms. The van der Waals surface area contributed by atoms with E-state index in [1.807, 2.05) is 13.8 Å². The van der Waals surface area contributed by atoms with Crippen molar-refractivity contribution in [2.24, 2.45) is 5.92 Å². The Morgan fingerprint density at radius 1 is 0.816 bits per heavy atom. The molecule has 1 aromatic rings. The highest BCUT2D eigenvalue weighted by molar-refractivity contribution is 5.76. The lowest BCUT2D eigenvalue weighted by atomic mass is 10.0. The minimum Gasteiger partial charge on any atom is -0.468 e. The minimum atomic E-state index is -0.991. The van der Waals surface area contributed by atoms with Gasteiger partial charge in [0.2, 0.25) is 0 Å². The number of ether oxygens (including phenoxy) is 6. The average Bonchev–Trinajstić information content (AvgIpc) is 2.81. The van der Waals surface area contributed by atoms with E-state index in [9.17, 15) is 19.2 Å². The van der Waals surface area contributed by atoms with Gasteiger partial charge in [-0.1, -0.05) is 26.3 Å². The molecular weight excluding hydrogens is 498 g/mol. The van der Waals surface area contributed by atoms with Crippen molar-refractivity contribution in [3.05, 3.63) is 23.8 Å². The van der Waals surface area contributed by atoms with Crippen molar-refractivity contribution in [1.82, 2.24) is 5.32 Å². The number of esters is 2. The number of rotatable bonds is 14. The number of nitrogens with one attached hydrogen (secondary N) is 1. The van der Waals surface area contributed by atoms with E-state index in [4.69, 9.17) is 28.4 Å². The van der Waals surface area contributed by atoms with E-state index in [1.54, 1.807) is 40.7 Å². The maximum Gasteiger partial charge on any atom is 0.514 e. The molecule has 1 rings (SSSR count). The van der Waals surface area contributed by atoms with Gasteiger partial charge in [0, 0.05) is 6.54 Å². The van der Waals surface area contributed by atoms with Crippen LogP contribution >= 0.6 is 0 Å². The fourth-order valence-corrected chi connectivity index (χ4v) is 3.29. The number of benzene rings is 1. The van der Waals surface area contributed by atoms with Crippen LogP contribution in [0.5, 0.6) is 11.5 Å². The highest BCUT2D eigenvalue weighted by atomic mass is 16.7. The molecule has 0 saturated heterocycles. The van der Waals surface area contributed by atoms with Gasteiger partial charge in [0.25, 0.3) is 0 Å². The maximum absolute atomic E-state index is 12.5. The van der Waals surface area contributed by atoms with E-state index in [0.717, 1.165) is 12.8 Å². The summed E-state index contributed by atoms with van der Waals surface area (Å²) in [5.41, 5.74) is 0.561. The molecule has 0 aliphatic carbocycles. The van der Waals surface area contributed by atoms with Gasteiger partial charge in [-0.15, -0.1) is 0 Å². The van der Waals surface area contributed by atoms with Gasteiger partial charge >= 0.3 is 24.2 Å². The Balaban J connectivity index is 3.04. The van der Waals surface area contributed by atoms with Crippen LogP contribution in [0.4, 0.5) is 9.59 Å². The van der Waals surface area contributed by atoms with Crippen molar-refractivity contribution in [2.75, 3.05) is 13.7 Å². The standard InChI is InChI=1S/C27H41NO10/c1-9-10-18(6)24(29)36-19(7)15-28-21(25(30)33-8)13-20-11-12-22(37-26(31)34-16(2)3)23(14-20)38-27(32)35-17(4)5/h11-12,14,16-19,21,28H,9-10,13,15H2,1-8H3/t18?,19?,21-/m0/s1. The van der Waals surface area contributed by atoms with Crippen LogP contribution in [0.15, 0.2) is 18.2 Å². The molecule has 0 aromatic heterocycles. The third kappa shape index (κ3) is 12.3. The predicted octanol–water partition coefficient (Wildman–Crippen LogP) is 4.58. The molecule has 0 aliphatic heterocycles. The van der Waals surface area contributed by atoms with Gasteiger partial charge in [-0.2, -0.15) is 0 Å². The average molecular weight is 540 g/mol. The molecule has 1 aromatic carbocycles. The lowest BCUT2D eigenvalue weighted by molar-refractivity contribution is -0.152. The number of hydrogen-bond acceptors (Lipinski definition) is 11. The van der Waals surface area contributed by atoms with E-state index in [1.165, 1.54) is 19.2 Å². The number of methoxy groups -OCH3 is 1. The molecule has 2 unspecified atom stereocenters. The molecule has 1 N–H and O–H groups in total. The monoisotopic (exact) mass is 539 g/mol. The van der Waals surface area contributed by atoms with E-state index in [0.29, 0.717) is 5.56 Å². The molecule has 0 spiro atoms. The van der Waals surface area contributed by atoms with Crippen LogP contribution in [0, 0.1) is 5.92 Å². The predicted molar refractivity (Wildman–Crippen MR) is 138 cm³/mol. The Bertz CT molecular complexity index is 930. The summed E-state index contributed by atoms with van der Waals surface area (Å²) >= 11 is 0. The summed E-state index contributed by atoms with van der Waals surface area (Å²) in [6.07, 6.45) is -1.57. The Morgan fingerprint density at radius 2 is 1.39 bits per heavy atom. The second kappa shape index (κ2) is 16.5. The summed E-state index contributed by atoms with van der Waals surface area (Å²) in [4.78, 5) is 48.8. The first-order chi connectivity index (χ1) is 17.9. The minimum absolute atomic E-state index is 0.0654. The van der Waals surface area contributed by atoms with Gasteiger partial charge in [-0.3, -0.25) is 9.59 Å². The van der Waals surface area contributed by atoms with Crippen LogP contribution in [0.2, 0.25) is 0 Å². The van der Waals surface area contributed by atoms with Gasteiger partial charge in [-0.05, 0) is 65.2 Å². The van der Waals surface area contributed by atoms with E-state index >= 15 is 0 Å². The van der Waals surface area contributed by atoms with Crippen molar-refractivity contribution in [3.63, 3.8) is 0 Å². The molecule has 214 valence electrons. The van der Waals surface area contributed by atoms with Gasteiger partial charge < -0.3 is 33.7 Å². The topological polar surface area (TPSA) is 136 Å². The zero-order chi connectivity index (χ0) is 28.8. The van der Waals surface area contributed by atoms with Crippen molar-refractivity contribution in [3.8, 4) is 11.5 Å². The van der Waals surface area contributed by atoms with Gasteiger partial charge in [0.15, 0.2) is 11.5 Å². The quantitative estimate of drug-likeness (QED) is 0.202. The zero-order valence-corrected chi connectivity index (χ0v) is 23.5. The lowest BCUT2D eigenvalue weighted by Gasteiger charge is -2.21. The molecule has 0 bridgehead atoms. The van der Waals surface area contributed by atoms with Crippen molar-refractivity contribution in [1.29, 1.82) is 0 Å². The number of carbonyl (C=O) groups excluding carboxylic acids is 4. The van der Waals surface area contributed by atoms with Crippen molar-refractivity contribution < 1.29 is 47.6 Å². The summed E-state index contributed by atoms with van der Waals surface area (Å²) in [5, 5.41) is 3.06. The lowest BCUT2D eigenvalue weighted by Crippen LogP contribution is -2.43. The smallest absolute Gasteiger partial charge is 0.468 e. The van der Waals surface area contributed by atoms with E-state index < -0.39 is 42.6 Å². The second-order valence-corrected chi connectivity index (χ2v) is 9.44. The normalized spacial score (nSPS) is 13.3. The molecule has 0 heterocycles. The van der Waals surface area contributed by atoms with Crippen LogP contribution in [0.25, 0.3) is 0 Å². The summed E-state index contributed by atoms with van der Waals surface area (Å²) in [7, 11) is 1.26. The molecule has 0 radical (unpaired) electrons. The Labute approximate surface area is 224 Å². The third-order valence-electron chi connectivity index (χ3n) is 5.08. The van der Waals surface area contributed by atoms with Crippen LogP contribution in [0.1, 0.15) is 66.9 Å².